The minimum Gasteiger partial charge on any atom is -0.394 e. The highest BCUT2D eigenvalue weighted by molar-refractivity contribution is 6.30. The number of carbonyl (C=O) groups excluding carboxylic acids is 1. The number of hydrogen-bond acceptors (Lipinski definition) is 4. The zero-order chi connectivity index (χ0) is 27.0. The number of aromatic nitrogens is 4. The third-order valence-corrected chi connectivity index (χ3v) is 6.26. The van der Waals surface area contributed by atoms with Crippen LogP contribution in [0.2, 0.25) is 5.02 Å². The summed E-state index contributed by atoms with van der Waals surface area (Å²) in [7, 11) is 0. The highest BCUT2D eigenvalue weighted by Crippen LogP contribution is 2.34. The summed E-state index contributed by atoms with van der Waals surface area (Å²) in [5, 5.41) is 19.8. The van der Waals surface area contributed by atoms with Crippen LogP contribution in [-0.4, -0.2) is 37.8 Å². The molecule has 38 heavy (non-hydrogen) atoms. The molecule has 1 atom stereocenters. The molecule has 194 valence electrons. The number of halogens is 5. The van der Waals surface area contributed by atoms with Crippen molar-refractivity contribution in [3.8, 4) is 22.4 Å². The van der Waals surface area contributed by atoms with Crippen LogP contribution in [0.4, 0.5) is 17.6 Å². The third kappa shape index (κ3) is 4.98. The van der Waals surface area contributed by atoms with E-state index in [0.29, 0.717) is 39.0 Å². The van der Waals surface area contributed by atoms with Gasteiger partial charge in [0, 0.05) is 28.9 Å². The largest absolute Gasteiger partial charge is 0.416 e. The van der Waals surface area contributed by atoms with Crippen LogP contribution in [0, 0.1) is 5.82 Å². The minimum absolute atomic E-state index is 0.138. The SMILES string of the molecule is O=C(N[C@H](CO)c1ccc(F)c(Cl)c1)c1cc(-c2n[nH]c3ncc(-c4cccc(C(F)(F)F)c4)cc23)c[nH]1. The number of aromatic amines is 2. The molecule has 4 N–H and O–H groups in total. The van der Waals surface area contributed by atoms with Gasteiger partial charge in [-0.05, 0) is 47.5 Å². The Morgan fingerprint density at radius 2 is 1.89 bits per heavy atom. The number of alkyl halides is 3. The zero-order valence-electron chi connectivity index (χ0n) is 19.3. The number of rotatable bonds is 6. The number of carbonyl (C=O) groups is 1. The van der Waals surface area contributed by atoms with E-state index >= 15 is 0 Å². The summed E-state index contributed by atoms with van der Waals surface area (Å²) in [6, 6.07) is 11.2. The summed E-state index contributed by atoms with van der Waals surface area (Å²) >= 11 is 5.81. The molecule has 0 fully saturated rings. The Hall–Kier alpha value is -4.22. The maximum absolute atomic E-state index is 13.5. The van der Waals surface area contributed by atoms with Crippen molar-refractivity contribution < 1.29 is 27.5 Å². The van der Waals surface area contributed by atoms with Crippen LogP contribution >= 0.6 is 11.6 Å². The Kier molecular flexibility index (Phi) is 6.64. The molecule has 0 radical (unpaired) electrons. The van der Waals surface area contributed by atoms with Crippen LogP contribution in [0.25, 0.3) is 33.4 Å². The molecule has 0 unspecified atom stereocenters. The number of fused-ring (bicyclic) bond motifs is 1. The average molecular weight is 544 g/mol. The number of aliphatic hydroxyl groups is 1. The van der Waals surface area contributed by atoms with Crippen LogP contribution < -0.4 is 5.32 Å². The maximum atomic E-state index is 13.5. The molecule has 3 aromatic heterocycles. The molecule has 0 saturated carbocycles. The van der Waals surface area contributed by atoms with Crippen LogP contribution in [-0.2, 0) is 6.18 Å². The molecule has 12 heteroatoms. The molecule has 2 aromatic carbocycles. The number of nitrogens with one attached hydrogen (secondary N) is 3. The van der Waals surface area contributed by atoms with Crippen molar-refractivity contribution >= 4 is 28.5 Å². The first-order valence-electron chi connectivity index (χ1n) is 11.2. The molecule has 3 heterocycles. The molecule has 0 spiro atoms. The van der Waals surface area contributed by atoms with Gasteiger partial charge in [-0.15, -0.1) is 0 Å². The van der Waals surface area contributed by atoms with Crippen molar-refractivity contribution in [3.63, 3.8) is 0 Å². The Morgan fingerprint density at radius 3 is 2.63 bits per heavy atom. The van der Waals surface area contributed by atoms with Gasteiger partial charge in [0.25, 0.3) is 5.91 Å². The van der Waals surface area contributed by atoms with E-state index in [1.165, 1.54) is 30.5 Å². The second-order valence-corrected chi connectivity index (χ2v) is 8.86. The van der Waals surface area contributed by atoms with Gasteiger partial charge >= 0.3 is 6.18 Å². The molecule has 5 rings (SSSR count). The fraction of sp³-hybridized carbons (Fsp3) is 0.115. The smallest absolute Gasteiger partial charge is 0.394 e. The molecule has 0 aliphatic heterocycles. The summed E-state index contributed by atoms with van der Waals surface area (Å²) in [5.41, 5.74) is 1.98. The molecule has 7 nitrogen and oxygen atoms in total. The fourth-order valence-electron chi connectivity index (χ4n) is 4.02. The van der Waals surface area contributed by atoms with Crippen molar-refractivity contribution in [2.24, 2.45) is 0 Å². The number of pyridine rings is 1. The number of H-pyrrole nitrogens is 2. The Morgan fingerprint density at radius 1 is 1.08 bits per heavy atom. The van der Waals surface area contributed by atoms with E-state index in [0.717, 1.165) is 18.2 Å². The van der Waals surface area contributed by atoms with Crippen molar-refractivity contribution in [2.75, 3.05) is 6.61 Å². The van der Waals surface area contributed by atoms with Gasteiger partial charge in [0.2, 0.25) is 0 Å². The Bertz CT molecular complexity index is 1650. The lowest BCUT2D eigenvalue weighted by Gasteiger charge is -2.16. The van der Waals surface area contributed by atoms with Gasteiger partial charge in [0.15, 0.2) is 5.65 Å². The molecular formula is C26H18ClF4N5O2. The molecule has 1 amide bonds. The van der Waals surface area contributed by atoms with E-state index in [1.54, 1.807) is 18.3 Å². The monoisotopic (exact) mass is 543 g/mol. The summed E-state index contributed by atoms with van der Waals surface area (Å²) in [5.74, 6) is -1.16. The van der Waals surface area contributed by atoms with Gasteiger partial charge in [-0.3, -0.25) is 9.89 Å². The van der Waals surface area contributed by atoms with Gasteiger partial charge in [-0.2, -0.15) is 18.3 Å². The summed E-state index contributed by atoms with van der Waals surface area (Å²) < 4.78 is 53.0. The van der Waals surface area contributed by atoms with Gasteiger partial charge in [-0.1, -0.05) is 29.8 Å². The lowest BCUT2D eigenvalue weighted by Crippen LogP contribution is -2.31. The van der Waals surface area contributed by atoms with Crippen LogP contribution in [0.5, 0.6) is 0 Å². The summed E-state index contributed by atoms with van der Waals surface area (Å²) in [4.78, 5) is 20.0. The predicted octanol–water partition coefficient (Wildman–Crippen LogP) is 5.89. The molecule has 5 aromatic rings. The van der Waals surface area contributed by atoms with Gasteiger partial charge < -0.3 is 15.4 Å². The summed E-state index contributed by atoms with van der Waals surface area (Å²) in [6.45, 7) is -0.449. The van der Waals surface area contributed by atoms with Crippen LogP contribution in [0.1, 0.15) is 27.7 Å². The van der Waals surface area contributed by atoms with Gasteiger partial charge in [-0.25, -0.2) is 9.37 Å². The number of nitrogens with zero attached hydrogens (tertiary/aromatic N) is 2. The average Bonchev–Trinajstić information content (AvgIpc) is 3.55. The first-order chi connectivity index (χ1) is 18.1. The maximum Gasteiger partial charge on any atom is 0.416 e. The van der Waals surface area contributed by atoms with E-state index in [-0.39, 0.29) is 10.7 Å². The normalized spacial score (nSPS) is 12.6. The lowest BCUT2D eigenvalue weighted by atomic mass is 10.0. The van der Waals surface area contributed by atoms with E-state index in [4.69, 9.17) is 11.6 Å². The topological polar surface area (TPSA) is 107 Å². The number of hydrogen-bond donors (Lipinski definition) is 4. The first-order valence-corrected chi connectivity index (χ1v) is 11.6. The molecule has 0 aliphatic rings. The quantitative estimate of drug-likeness (QED) is 0.200. The van der Waals surface area contributed by atoms with Crippen molar-refractivity contribution in [1.82, 2.24) is 25.5 Å². The standard InChI is InChI=1S/C26H18ClF4N5O2/c27-19-8-14(4-5-20(19)28)22(12-37)34-25(38)21-9-16(11-32-21)23-18-7-15(10-33-24(18)36-35-23)13-2-1-3-17(6-13)26(29,30)31/h1-11,22,32,37H,12H2,(H,34,38)(H,33,35,36)/t22-/m1/s1. The number of amides is 1. The van der Waals surface area contributed by atoms with E-state index in [9.17, 15) is 27.5 Å². The van der Waals surface area contributed by atoms with Crippen LogP contribution in [0.15, 0.2) is 67.0 Å². The fourth-order valence-corrected chi connectivity index (χ4v) is 4.21. The Labute approximate surface area is 217 Å². The molecular weight excluding hydrogens is 526 g/mol. The second kappa shape index (κ2) is 9.92. The summed E-state index contributed by atoms with van der Waals surface area (Å²) in [6.07, 6.45) is -1.48. The number of benzene rings is 2. The number of aliphatic hydroxyl groups excluding tert-OH is 1. The first kappa shape index (κ1) is 25.4. The third-order valence-electron chi connectivity index (χ3n) is 5.97. The van der Waals surface area contributed by atoms with Gasteiger partial charge in [0.05, 0.1) is 23.2 Å². The zero-order valence-corrected chi connectivity index (χ0v) is 20.0. The van der Waals surface area contributed by atoms with E-state index in [1.807, 2.05) is 0 Å². The van der Waals surface area contributed by atoms with E-state index in [2.05, 4.69) is 25.5 Å². The molecule has 0 bridgehead atoms. The highest BCUT2D eigenvalue weighted by Gasteiger charge is 2.30. The second-order valence-electron chi connectivity index (χ2n) is 8.46. The van der Waals surface area contributed by atoms with Crippen molar-refractivity contribution in [2.45, 2.75) is 12.2 Å². The van der Waals surface area contributed by atoms with Crippen molar-refractivity contribution in [1.29, 1.82) is 0 Å². The molecule has 0 aliphatic carbocycles. The van der Waals surface area contributed by atoms with E-state index < -0.39 is 36.1 Å². The molecule has 0 saturated heterocycles. The van der Waals surface area contributed by atoms with Crippen LogP contribution in [0.3, 0.4) is 0 Å². The Balaban J connectivity index is 1.42. The lowest BCUT2D eigenvalue weighted by molar-refractivity contribution is -0.137. The van der Waals surface area contributed by atoms with Gasteiger partial charge in [0.1, 0.15) is 17.2 Å². The van der Waals surface area contributed by atoms with Crippen molar-refractivity contribution in [3.05, 3.63) is 94.7 Å². The highest BCUT2D eigenvalue weighted by atomic mass is 35.5. The predicted molar refractivity (Wildman–Crippen MR) is 133 cm³/mol. The minimum atomic E-state index is -4.48.